The van der Waals surface area contributed by atoms with Gasteiger partial charge in [-0.05, 0) is 41.5 Å². The van der Waals surface area contributed by atoms with E-state index < -0.39 is 0 Å². The van der Waals surface area contributed by atoms with Crippen molar-refractivity contribution in [1.29, 1.82) is 0 Å². The third-order valence-corrected chi connectivity index (χ3v) is 4.91. The molecule has 2 aromatic rings. The Bertz CT molecular complexity index is 960. The lowest BCUT2D eigenvalue weighted by molar-refractivity contribution is 0.414. The summed E-state index contributed by atoms with van der Waals surface area (Å²) in [5.74, 6) is 1.65. The number of benzene rings is 1. The number of nitrogens with zero attached hydrogens (tertiary/aromatic N) is 3. The number of halogens is 1. The van der Waals surface area contributed by atoms with Gasteiger partial charge in [-0.25, -0.2) is 4.99 Å². The molecule has 5 heteroatoms. The van der Waals surface area contributed by atoms with Crippen molar-refractivity contribution >= 4 is 23.0 Å². The van der Waals surface area contributed by atoms with Crippen LogP contribution in [0.5, 0.6) is 5.75 Å². The number of rotatable bonds is 3. The highest BCUT2D eigenvalue weighted by Crippen LogP contribution is 2.34. The molecule has 1 aromatic heterocycles. The summed E-state index contributed by atoms with van der Waals surface area (Å²) in [6, 6.07) is 11.9. The van der Waals surface area contributed by atoms with Crippen molar-refractivity contribution in [3.63, 3.8) is 0 Å². The van der Waals surface area contributed by atoms with Crippen molar-refractivity contribution in [3.8, 4) is 5.75 Å². The number of amidine groups is 1. The lowest BCUT2D eigenvalue weighted by Crippen LogP contribution is -2.40. The van der Waals surface area contributed by atoms with Crippen LogP contribution in [-0.2, 0) is 0 Å². The van der Waals surface area contributed by atoms with Crippen molar-refractivity contribution in [3.05, 3.63) is 88.9 Å². The summed E-state index contributed by atoms with van der Waals surface area (Å²) in [7, 11) is 3.69. The summed E-state index contributed by atoms with van der Waals surface area (Å²) >= 11 is 6.55. The van der Waals surface area contributed by atoms with Crippen LogP contribution >= 0.6 is 11.6 Å². The van der Waals surface area contributed by atoms with E-state index in [1.54, 1.807) is 19.5 Å². The monoisotopic (exact) mass is 363 g/mol. The largest absolute Gasteiger partial charge is 0.497 e. The molecule has 0 spiro atoms. The van der Waals surface area contributed by atoms with E-state index in [9.17, 15) is 0 Å². The number of allylic oxidation sites excluding steroid dienone is 2. The van der Waals surface area contributed by atoms with Gasteiger partial charge in [0.1, 0.15) is 16.7 Å². The van der Waals surface area contributed by atoms with E-state index in [1.807, 2.05) is 37.4 Å². The smallest absolute Gasteiger partial charge is 0.139 e. The van der Waals surface area contributed by atoms with Crippen LogP contribution in [0.25, 0.3) is 5.57 Å². The van der Waals surface area contributed by atoms with Crippen LogP contribution in [0.2, 0.25) is 0 Å². The van der Waals surface area contributed by atoms with Crippen molar-refractivity contribution in [2.24, 2.45) is 4.99 Å². The number of methoxy groups -OCH3 is 1. The zero-order valence-corrected chi connectivity index (χ0v) is 15.3. The maximum Gasteiger partial charge on any atom is 0.139 e. The molecule has 4 nitrogen and oxygen atoms in total. The minimum absolute atomic E-state index is 0.0459. The number of likely N-dealkylation sites (N-methyl/N-ethyl adjacent to an activating group) is 1. The standard InChI is InChI=1S/C21H18ClN3O/c1-25-19-9-8-15(14-5-3-7-17(11-14)26-2)12-18(19)20(22)24-21(25)16-6-4-10-23-13-16/h3-13,19H,1-2H3. The van der Waals surface area contributed by atoms with E-state index in [0.29, 0.717) is 5.16 Å². The lowest BCUT2D eigenvalue weighted by Gasteiger charge is -2.35. The topological polar surface area (TPSA) is 37.7 Å². The first kappa shape index (κ1) is 16.6. The van der Waals surface area contributed by atoms with Gasteiger partial charge >= 0.3 is 0 Å². The Morgan fingerprint density at radius 1 is 1.15 bits per heavy atom. The van der Waals surface area contributed by atoms with E-state index in [0.717, 1.165) is 33.9 Å². The Morgan fingerprint density at radius 2 is 2.00 bits per heavy atom. The van der Waals surface area contributed by atoms with Crippen molar-refractivity contribution < 1.29 is 4.74 Å². The molecule has 0 saturated carbocycles. The van der Waals surface area contributed by atoms with E-state index >= 15 is 0 Å². The normalized spacial score (nSPS) is 19.0. The van der Waals surface area contributed by atoms with Crippen molar-refractivity contribution in [2.45, 2.75) is 6.04 Å². The molecule has 1 atom stereocenters. The second kappa shape index (κ2) is 6.81. The van der Waals surface area contributed by atoms with Crippen LogP contribution < -0.4 is 4.74 Å². The summed E-state index contributed by atoms with van der Waals surface area (Å²) in [4.78, 5) is 10.9. The first-order valence-electron chi connectivity index (χ1n) is 8.33. The van der Waals surface area contributed by atoms with Gasteiger partial charge in [-0.2, -0.15) is 0 Å². The van der Waals surface area contributed by atoms with Crippen molar-refractivity contribution in [2.75, 3.05) is 14.2 Å². The van der Waals surface area contributed by atoms with Gasteiger partial charge < -0.3 is 9.64 Å². The molecule has 0 radical (unpaired) electrons. The van der Waals surface area contributed by atoms with E-state index in [-0.39, 0.29) is 6.04 Å². The van der Waals surface area contributed by atoms with Crippen LogP contribution in [-0.4, -0.2) is 35.9 Å². The Labute approximate surface area is 157 Å². The van der Waals surface area contributed by atoms with Crippen LogP contribution in [0.15, 0.2) is 82.7 Å². The lowest BCUT2D eigenvalue weighted by atomic mass is 9.91. The predicted molar refractivity (Wildman–Crippen MR) is 105 cm³/mol. The van der Waals surface area contributed by atoms with E-state index in [2.05, 4.69) is 39.2 Å². The molecule has 1 aromatic carbocycles. The fourth-order valence-corrected chi connectivity index (χ4v) is 3.48. The SMILES string of the molecule is COc1cccc(C2=CC3=C(Cl)N=C(c4cccnc4)N(C)C3C=C2)c1. The van der Waals surface area contributed by atoms with Gasteiger partial charge in [-0.15, -0.1) is 0 Å². The van der Waals surface area contributed by atoms with Gasteiger partial charge in [-0.3, -0.25) is 4.98 Å². The number of fused-ring (bicyclic) bond motifs is 1. The number of hydrogen-bond acceptors (Lipinski definition) is 4. The Hall–Kier alpha value is -2.85. The Morgan fingerprint density at radius 3 is 2.77 bits per heavy atom. The second-order valence-electron chi connectivity index (χ2n) is 6.17. The molecule has 26 heavy (non-hydrogen) atoms. The summed E-state index contributed by atoms with van der Waals surface area (Å²) < 4.78 is 5.33. The summed E-state index contributed by atoms with van der Waals surface area (Å²) in [6.07, 6.45) is 9.92. The van der Waals surface area contributed by atoms with Crippen LogP contribution in [0.4, 0.5) is 0 Å². The highest BCUT2D eigenvalue weighted by Gasteiger charge is 2.29. The molecule has 0 fully saturated rings. The molecular formula is C21H18ClN3O. The maximum absolute atomic E-state index is 6.55. The summed E-state index contributed by atoms with van der Waals surface area (Å²) in [5, 5.41) is 0.511. The Balaban J connectivity index is 1.75. The summed E-state index contributed by atoms with van der Waals surface area (Å²) in [6.45, 7) is 0. The van der Waals surface area contributed by atoms with Gasteiger partial charge in [0, 0.05) is 30.6 Å². The quantitative estimate of drug-likeness (QED) is 0.765. The van der Waals surface area contributed by atoms with Gasteiger partial charge in [0.15, 0.2) is 0 Å². The van der Waals surface area contributed by atoms with Gasteiger partial charge in [0.2, 0.25) is 0 Å². The molecule has 0 N–H and O–H groups in total. The number of aromatic nitrogens is 1. The first-order valence-corrected chi connectivity index (χ1v) is 8.71. The first-order chi connectivity index (χ1) is 12.7. The van der Waals surface area contributed by atoms with E-state index in [1.165, 1.54) is 0 Å². The zero-order valence-electron chi connectivity index (χ0n) is 14.6. The maximum atomic E-state index is 6.55. The van der Waals surface area contributed by atoms with Crippen LogP contribution in [0.3, 0.4) is 0 Å². The molecule has 2 heterocycles. The molecule has 1 unspecified atom stereocenters. The van der Waals surface area contributed by atoms with Crippen molar-refractivity contribution in [1.82, 2.24) is 9.88 Å². The third kappa shape index (κ3) is 2.93. The highest BCUT2D eigenvalue weighted by molar-refractivity contribution is 6.31. The van der Waals surface area contributed by atoms with Gasteiger partial charge in [0.25, 0.3) is 0 Å². The third-order valence-electron chi connectivity index (χ3n) is 4.60. The molecule has 1 aliphatic carbocycles. The molecule has 4 rings (SSSR count). The Kier molecular flexibility index (Phi) is 4.35. The summed E-state index contributed by atoms with van der Waals surface area (Å²) in [5.41, 5.74) is 4.10. The fraction of sp³-hybridized carbons (Fsp3) is 0.143. The number of pyridine rings is 1. The zero-order chi connectivity index (χ0) is 18.1. The van der Waals surface area contributed by atoms with Gasteiger partial charge in [-0.1, -0.05) is 35.9 Å². The number of ether oxygens (including phenoxy) is 1. The molecular weight excluding hydrogens is 346 g/mol. The minimum Gasteiger partial charge on any atom is -0.497 e. The van der Waals surface area contributed by atoms with Gasteiger partial charge in [0.05, 0.1) is 13.2 Å². The average molecular weight is 364 g/mol. The van der Waals surface area contributed by atoms with Crippen LogP contribution in [0, 0.1) is 0 Å². The average Bonchev–Trinajstić information content (AvgIpc) is 2.71. The van der Waals surface area contributed by atoms with E-state index in [4.69, 9.17) is 16.3 Å². The molecule has 0 saturated heterocycles. The molecule has 130 valence electrons. The fourth-order valence-electron chi connectivity index (χ4n) is 3.23. The molecule has 1 aliphatic heterocycles. The molecule has 2 aliphatic rings. The second-order valence-corrected chi connectivity index (χ2v) is 6.53. The minimum atomic E-state index is 0.0459. The highest BCUT2D eigenvalue weighted by atomic mass is 35.5. The predicted octanol–water partition coefficient (Wildman–Crippen LogP) is 4.25. The number of aliphatic imine (C=N–C) groups is 1. The van der Waals surface area contributed by atoms with Crippen LogP contribution in [0.1, 0.15) is 11.1 Å². The molecule has 0 amide bonds. The molecule has 0 bridgehead atoms. The number of hydrogen-bond donors (Lipinski definition) is 0.